The van der Waals surface area contributed by atoms with E-state index in [1.165, 1.54) is 6.07 Å². The summed E-state index contributed by atoms with van der Waals surface area (Å²) in [5.74, 6) is -0.185. The van der Waals surface area contributed by atoms with Gasteiger partial charge in [0.05, 0.1) is 25.9 Å². The smallest absolute Gasteiger partial charge is 0.126 e. The highest BCUT2D eigenvalue weighted by Crippen LogP contribution is 2.19. The van der Waals surface area contributed by atoms with Crippen LogP contribution in [0.5, 0.6) is 0 Å². The summed E-state index contributed by atoms with van der Waals surface area (Å²) < 4.78 is 25.6. The van der Waals surface area contributed by atoms with Gasteiger partial charge in [0.2, 0.25) is 0 Å². The summed E-state index contributed by atoms with van der Waals surface area (Å²) in [4.78, 5) is 0. The van der Waals surface area contributed by atoms with E-state index in [2.05, 4.69) is 21.2 Å². The molecule has 1 heterocycles. The summed E-state index contributed by atoms with van der Waals surface area (Å²) in [5, 5.41) is 3.18. The Morgan fingerprint density at radius 3 is 3.00 bits per heavy atom. The first-order valence-corrected chi connectivity index (χ1v) is 6.80. The predicted molar refractivity (Wildman–Crippen MR) is 71.2 cm³/mol. The van der Waals surface area contributed by atoms with Crippen LogP contribution in [0.25, 0.3) is 0 Å². The van der Waals surface area contributed by atoms with E-state index in [1.54, 1.807) is 6.07 Å². The minimum Gasteiger partial charge on any atom is -0.376 e. The molecule has 2 atom stereocenters. The van der Waals surface area contributed by atoms with Crippen molar-refractivity contribution in [3.63, 3.8) is 0 Å². The highest BCUT2D eigenvalue weighted by molar-refractivity contribution is 9.10. The van der Waals surface area contributed by atoms with E-state index in [-0.39, 0.29) is 18.0 Å². The molecule has 0 aliphatic carbocycles. The molecule has 1 aliphatic heterocycles. The lowest BCUT2D eigenvalue weighted by Crippen LogP contribution is -2.46. The number of benzene rings is 1. The van der Waals surface area contributed by atoms with Crippen LogP contribution in [0.4, 0.5) is 4.39 Å². The summed E-state index contributed by atoms with van der Waals surface area (Å²) in [6.07, 6.45) is 0.553. The fourth-order valence-corrected chi connectivity index (χ4v) is 2.50. The Balaban J connectivity index is 2.06. The number of rotatable bonds is 4. The third-order valence-corrected chi connectivity index (χ3v) is 3.60. The van der Waals surface area contributed by atoms with Crippen LogP contribution < -0.4 is 5.32 Å². The number of ether oxygens (including phenoxy) is 2. The number of hydrogen-bond donors (Lipinski definition) is 1. The Labute approximate surface area is 115 Å². The number of hydrogen-bond acceptors (Lipinski definition) is 3. The van der Waals surface area contributed by atoms with Gasteiger partial charge in [-0.2, -0.15) is 0 Å². The van der Waals surface area contributed by atoms with Gasteiger partial charge >= 0.3 is 0 Å². The van der Waals surface area contributed by atoms with Gasteiger partial charge in [-0.1, -0.05) is 15.9 Å². The number of likely N-dealkylation sites (N-methyl/N-ethyl adjacent to an activating group) is 1. The van der Waals surface area contributed by atoms with Crippen LogP contribution in [0, 0.1) is 5.82 Å². The van der Waals surface area contributed by atoms with E-state index in [9.17, 15) is 4.39 Å². The second kappa shape index (κ2) is 6.61. The normalized spacial score (nSPS) is 21.8. The van der Waals surface area contributed by atoms with Crippen molar-refractivity contribution in [1.29, 1.82) is 0 Å². The van der Waals surface area contributed by atoms with Crippen molar-refractivity contribution in [2.24, 2.45) is 0 Å². The van der Waals surface area contributed by atoms with Crippen molar-refractivity contribution >= 4 is 15.9 Å². The molecule has 1 aromatic carbocycles. The van der Waals surface area contributed by atoms with Gasteiger partial charge in [0.15, 0.2) is 0 Å². The zero-order chi connectivity index (χ0) is 13.0. The summed E-state index contributed by atoms with van der Waals surface area (Å²) in [5.41, 5.74) is 0.679. The van der Waals surface area contributed by atoms with Crippen LogP contribution in [-0.4, -0.2) is 39.0 Å². The Morgan fingerprint density at radius 2 is 2.33 bits per heavy atom. The van der Waals surface area contributed by atoms with Crippen LogP contribution in [0.15, 0.2) is 22.7 Å². The van der Waals surface area contributed by atoms with Crippen molar-refractivity contribution in [3.05, 3.63) is 34.1 Å². The quantitative estimate of drug-likeness (QED) is 0.923. The van der Waals surface area contributed by atoms with E-state index in [1.807, 2.05) is 13.1 Å². The van der Waals surface area contributed by atoms with Gasteiger partial charge in [-0.05, 0) is 37.2 Å². The monoisotopic (exact) mass is 317 g/mol. The largest absolute Gasteiger partial charge is 0.376 e. The molecule has 1 N–H and O–H groups in total. The average molecular weight is 318 g/mol. The molecule has 0 radical (unpaired) electrons. The molecule has 0 bridgehead atoms. The summed E-state index contributed by atoms with van der Waals surface area (Å²) in [6.45, 7) is 1.79. The van der Waals surface area contributed by atoms with Gasteiger partial charge in [0.25, 0.3) is 0 Å². The molecule has 0 aromatic heterocycles. The molecule has 0 spiro atoms. The fraction of sp³-hybridized carbons (Fsp3) is 0.538. The number of halogens is 2. The molecule has 1 saturated heterocycles. The molecule has 18 heavy (non-hydrogen) atoms. The van der Waals surface area contributed by atoms with Gasteiger partial charge in [0.1, 0.15) is 5.82 Å². The second-order valence-electron chi connectivity index (χ2n) is 4.32. The third kappa shape index (κ3) is 3.51. The maximum absolute atomic E-state index is 13.7. The van der Waals surface area contributed by atoms with E-state index in [4.69, 9.17) is 9.47 Å². The second-order valence-corrected chi connectivity index (χ2v) is 5.23. The molecule has 0 amide bonds. The topological polar surface area (TPSA) is 30.5 Å². The lowest BCUT2D eigenvalue weighted by Gasteiger charge is -2.30. The lowest BCUT2D eigenvalue weighted by atomic mass is 10.0. The number of nitrogens with one attached hydrogen (secondary N) is 1. The molecule has 0 saturated carbocycles. The minimum absolute atomic E-state index is 0.0258. The first kappa shape index (κ1) is 13.9. The SMILES string of the molecule is CNC(Cc1cc(Br)ccc1F)C1COCCO1. The van der Waals surface area contributed by atoms with E-state index in [0.717, 1.165) is 4.47 Å². The molecular weight excluding hydrogens is 301 g/mol. The molecule has 2 unspecified atom stereocenters. The average Bonchev–Trinajstić information content (AvgIpc) is 2.41. The van der Waals surface area contributed by atoms with Crippen molar-refractivity contribution < 1.29 is 13.9 Å². The molecule has 2 rings (SSSR count). The molecule has 5 heteroatoms. The lowest BCUT2D eigenvalue weighted by molar-refractivity contribution is -0.100. The van der Waals surface area contributed by atoms with Crippen LogP contribution in [0.2, 0.25) is 0 Å². The van der Waals surface area contributed by atoms with Crippen molar-refractivity contribution in [2.75, 3.05) is 26.9 Å². The molecule has 100 valence electrons. The zero-order valence-electron chi connectivity index (χ0n) is 10.3. The summed E-state index contributed by atoms with van der Waals surface area (Å²) in [6, 6.07) is 5.04. The fourth-order valence-electron chi connectivity index (χ4n) is 2.09. The predicted octanol–water partition coefficient (Wildman–Crippen LogP) is 2.13. The highest BCUT2D eigenvalue weighted by atomic mass is 79.9. The first-order chi connectivity index (χ1) is 8.70. The minimum atomic E-state index is -0.185. The Bertz CT molecular complexity index is 397. The third-order valence-electron chi connectivity index (χ3n) is 3.11. The Hall–Kier alpha value is -0.490. The molecular formula is C13H17BrFNO2. The van der Waals surface area contributed by atoms with Gasteiger partial charge in [-0.15, -0.1) is 0 Å². The van der Waals surface area contributed by atoms with E-state index >= 15 is 0 Å². The standard InChI is InChI=1S/C13H17BrFNO2/c1-16-12(13-8-17-4-5-18-13)7-9-6-10(14)2-3-11(9)15/h2-3,6,12-13,16H,4-5,7-8H2,1H3. The highest BCUT2D eigenvalue weighted by Gasteiger charge is 2.24. The molecule has 1 fully saturated rings. The van der Waals surface area contributed by atoms with Crippen LogP contribution >= 0.6 is 15.9 Å². The Morgan fingerprint density at radius 1 is 1.50 bits per heavy atom. The summed E-state index contributed by atoms with van der Waals surface area (Å²) >= 11 is 3.36. The van der Waals surface area contributed by atoms with E-state index < -0.39 is 0 Å². The molecule has 1 aromatic rings. The van der Waals surface area contributed by atoms with Crippen molar-refractivity contribution in [2.45, 2.75) is 18.6 Å². The van der Waals surface area contributed by atoms with Crippen molar-refractivity contribution in [3.8, 4) is 0 Å². The van der Waals surface area contributed by atoms with Gasteiger partial charge in [-0.3, -0.25) is 0 Å². The Kier molecular flexibility index (Phi) is 5.12. The first-order valence-electron chi connectivity index (χ1n) is 6.01. The van der Waals surface area contributed by atoms with Crippen LogP contribution in [0.3, 0.4) is 0 Å². The molecule has 1 aliphatic rings. The van der Waals surface area contributed by atoms with Gasteiger partial charge in [0, 0.05) is 10.5 Å². The molecule has 3 nitrogen and oxygen atoms in total. The van der Waals surface area contributed by atoms with Crippen LogP contribution in [0.1, 0.15) is 5.56 Å². The summed E-state index contributed by atoms with van der Waals surface area (Å²) in [7, 11) is 1.86. The van der Waals surface area contributed by atoms with Crippen LogP contribution in [-0.2, 0) is 15.9 Å². The van der Waals surface area contributed by atoms with Crippen molar-refractivity contribution in [1.82, 2.24) is 5.32 Å². The zero-order valence-corrected chi connectivity index (χ0v) is 11.9. The maximum atomic E-state index is 13.7. The van der Waals surface area contributed by atoms with Gasteiger partial charge < -0.3 is 14.8 Å². The van der Waals surface area contributed by atoms with Gasteiger partial charge in [-0.25, -0.2) is 4.39 Å². The maximum Gasteiger partial charge on any atom is 0.126 e. The van der Waals surface area contributed by atoms with E-state index in [0.29, 0.717) is 31.8 Å².